The van der Waals surface area contributed by atoms with Crippen molar-refractivity contribution in [2.45, 2.75) is 26.4 Å². The average molecular weight is 392 g/mol. The summed E-state index contributed by atoms with van der Waals surface area (Å²) in [4.78, 5) is 30.3. The summed E-state index contributed by atoms with van der Waals surface area (Å²) in [6.45, 7) is 2.47. The maximum absolute atomic E-state index is 12.5. The molecule has 0 N–H and O–H groups in total. The van der Waals surface area contributed by atoms with Crippen LogP contribution in [0.25, 0.3) is 22.4 Å². The number of benzene rings is 1. The Morgan fingerprint density at radius 1 is 1.24 bits per heavy atom. The Kier molecular flexibility index (Phi) is 4.99. The fourth-order valence-electron chi connectivity index (χ4n) is 3.14. The molecule has 29 heavy (non-hydrogen) atoms. The SMILES string of the molecule is Cc1ccc2oc(=O)n(CCC(=O)N(C)Cc3cc(-c4cccnc4)no3)c2c1. The maximum Gasteiger partial charge on any atom is 0.419 e. The first kappa shape index (κ1) is 18.7. The van der Waals surface area contributed by atoms with E-state index in [2.05, 4.69) is 10.1 Å². The van der Waals surface area contributed by atoms with Crippen molar-refractivity contribution >= 4 is 17.0 Å². The van der Waals surface area contributed by atoms with Gasteiger partial charge in [0.1, 0.15) is 5.69 Å². The highest BCUT2D eigenvalue weighted by molar-refractivity contribution is 5.77. The topological polar surface area (TPSA) is 94.4 Å². The van der Waals surface area contributed by atoms with Crippen LogP contribution >= 0.6 is 0 Å². The normalized spacial score (nSPS) is 11.1. The van der Waals surface area contributed by atoms with Gasteiger partial charge in [-0.1, -0.05) is 11.2 Å². The molecule has 0 fully saturated rings. The molecule has 8 nitrogen and oxygen atoms in total. The summed E-state index contributed by atoms with van der Waals surface area (Å²) >= 11 is 0. The smallest absolute Gasteiger partial charge is 0.408 e. The minimum absolute atomic E-state index is 0.113. The zero-order chi connectivity index (χ0) is 20.4. The molecule has 1 amide bonds. The summed E-state index contributed by atoms with van der Waals surface area (Å²) < 4.78 is 12.1. The second kappa shape index (κ2) is 7.75. The standard InChI is InChI=1S/C21H20N4O4/c1-14-5-6-19-18(10-14)25(21(27)28-19)9-7-20(26)24(2)13-16-11-17(23-29-16)15-4-3-8-22-12-15/h3-6,8,10-12H,7,9,13H2,1-2H3. The largest absolute Gasteiger partial charge is 0.419 e. The zero-order valence-corrected chi connectivity index (χ0v) is 16.2. The maximum atomic E-state index is 12.5. The van der Waals surface area contributed by atoms with Crippen LogP contribution in [0.4, 0.5) is 0 Å². The molecular weight excluding hydrogens is 372 g/mol. The molecule has 0 aliphatic heterocycles. The number of carbonyl (C=O) groups is 1. The molecule has 0 spiro atoms. The Bertz CT molecular complexity index is 1210. The van der Waals surface area contributed by atoms with Crippen molar-refractivity contribution in [3.63, 3.8) is 0 Å². The summed E-state index contributed by atoms with van der Waals surface area (Å²) in [6.07, 6.45) is 3.56. The molecule has 0 unspecified atom stereocenters. The molecule has 0 radical (unpaired) electrons. The van der Waals surface area contributed by atoms with E-state index in [1.807, 2.05) is 31.2 Å². The molecule has 0 bridgehead atoms. The van der Waals surface area contributed by atoms with E-state index in [1.54, 1.807) is 36.5 Å². The predicted octanol–water partition coefficient (Wildman–Crippen LogP) is 3.00. The minimum Gasteiger partial charge on any atom is -0.408 e. The summed E-state index contributed by atoms with van der Waals surface area (Å²) in [7, 11) is 1.69. The van der Waals surface area contributed by atoms with E-state index in [0.717, 1.165) is 11.1 Å². The van der Waals surface area contributed by atoms with Crippen LogP contribution < -0.4 is 5.76 Å². The van der Waals surface area contributed by atoms with Crippen molar-refractivity contribution in [3.8, 4) is 11.3 Å². The number of carbonyl (C=O) groups excluding carboxylic acids is 1. The molecule has 4 rings (SSSR count). The van der Waals surface area contributed by atoms with Crippen molar-refractivity contribution in [2.24, 2.45) is 0 Å². The Balaban J connectivity index is 1.41. The van der Waals surface area contributed by atoms with Crippen LogP contribution in [0.15, 0.2) is 62.5 Å². The number of nitrogens with zero attached hydrogens (tertiary/aromatic N) is 4. The summed E-state index contributed by atoms with van der Waals surface area (Å²) in [5, 5.41) is 4.03. The first-order chi connectivity index (χ1) is 14.0. The highest BCUT2D eigenvalue weighted by Gasteiger charge is 2.16. The van der Waals surface area contributed by atoms with Gasteiger partial charge in [0.2, 0.25) is 5.91 Å². The molecule has 1 aromatic carbocycles. The summed E-state index contributed by atoms with van der Waals surface area (Å²) in [5.74, 6) is -0.00288. The monoisotopic (exact) mass is 392 g/mol. The van der Waals surface area contributed by atoms with Crippen molar-refractivity contribution < 1.29 is 13.7 Å². The lowest BCUT2D eigenvalue weighted by molar-refractivity contribution is -0.130. The highest BCUT2D eigenvalue weighted by atomic mass is 16.5. The van der Waals surface area contributed by atoms with Gasteiger partial charge in [0, 0.05) is 44.0 Å². The quantitative estimate of drug-likeness (QED) is 0.501. The first-order valence-electron chi connectivity index (χ1n) is 9.21. The Morgan fingerprint density at radius 3 is 2.90 bits per heavy atom. The van der Waals surface area contributed by atoms with Crippen LogP contribution in [-0.2, 0) is 17.9 Å². The highest BCUT2D eigenvalue weighted by Crippen LogP contribution is 2.19. The van der Waals surface area contributed by atoms with E-state index in [9.17, 15) is 9.59 Å². The van der Waals surface area contributed by atoms with Crippen LogP contribution in [0.5, 0.6) is 0 Å². The van der Waals surface area contributed by atoms with E-state index in [4.69, 9.17) is 8.94 Å². The molecule has 4 aromatic rings. The van der Waals surface area contributed by atoms with Gasteiger partial charge in [-0.15, -0.1) is 0 Å². The van der Waals surface area contributed by atoms with Gasteiger partial charge in [0.25, 0.3) is 0 Å². The average Bonchev–Trinajstić information content (AvgIpc) is 3.30. The van der Waals surface area contributed by atoms with Crippen molar-refractivity contribution in [1.82, 2.24) is 19.6 Å². The van der Waals surface area contributed by atoms with Gasteiger partial charge in [0.15, 0.2) is 11.3 Å². The van der Waals surface area contributed by atoms with Crippen LogP contribution in [0.2, 0.25) is 0 Å². The summed E-state index contributed by atoms with van der Waals surface area (Å²) in [5.41, 5.74) is 3.75. The molecule has 3 aromatic heterocycles. The van der Waals surface area contributed by atoms with E-state index in [0.29, 0.717) is 22.6 Å². The number of fused-ring (bicyclic) bond motifs is 1. The second-order valence-electron chi connectivity index (χ2n) is 6.91. The molecule has 148 valence electrons. The van der Waals surface area contributed by atoms with Crippen molar-refractivity contribution in [1.29, 1.82) is 0 Å². The number of aryl methyl sites for hydroxylation is 2. The van der Waals surface area contributed by atoms with E-state index < -0.39 is 5.76 Å². The Hall–Kier alpha value is -3.68. The molecular formula is C21H20N4O4. The molecule has 0 aliphatic rings. The van der Waals surface area contributed by atoms with Crippen LogP contribution in [0.3, 0.4) is 0 Å². The van der Waals surface area contributed by atoms with Gasteiger partial charge in [-0.25, -0.2) is 4.79 Å². The number of amides is 1. The van der Waals surface area contributed by atoms with E-state index in [-0.39, 0.29) is 25.4 Å². The summed E-state index contributed by atoms with van der Waals surface area (Å²) in [6, 6.07) is 11.0. The number of rotatable bonds is 6. The van der Waals surface area contributed by atoms with Crippen molar-refractivity contribution in [2.75, 3.05) is 7.05 Å². The fraction of sp³-hybridized carbons (Fsp3) is 0.238. The van der Waals surface area contributed by atoms with Gasteiger partial charge in [0.05, 0.1) is 12.1 Å². The fourth-order valence-corrected chi connectivity index (χ4v) is 3.14. The van der Waals surface area contributed by atoms with Gasteiger partial charge < -0.3 is 13.8 Å². The number of oxazole rings is 1. The second-order valence-corrected chi connectivity index (χ2v) is 6.91. The minimum atomic E-state index is -0.461. The lowest BCUT2D eigenvalue weighted by Crippen LogP contribution is -2.28. The number of pyridine rings is 1. The lowest BCUT2D eigenvalue weighted by atomic mass is 10.2. The third kappa shape index (κ3) is 3.96. The molecule has 8 heteroatoms. The van der Waals surface area contributed by atoms with Gasteiger partial charge in [-0.3, -0.25) is 14.3 Å². The van der Waals surface area contributed by atoms with Crippen LogP contribution in [0.1, 0.15) is 17.7 Å². The number of hydrogen-bond acceptors (Lipinski definition) is 6. The molecule has 0 saturated carbocycles. The molecule has 0 atom stereocenters. The van der Waals surface area contributed by atoms with Gasteiger partial charge in [-0.05, 0) is 36.8 Å². The molecule has 0 saturated heterocycles. The predicted molar refractivity (Wildman–Crippen MR) is 106 cm³/mol. The lowest BCUT2D eigenvalue weighted by Gasteiger charge is -2.15. The molecule has 3 heterocycles. The third-order valence-corrected chi connectivity index (χ3v) is 4.71. The zero-order valence-electron chi connectivity index (χ0n) is 16.2. The number of aromatic nitrogens is 3. The number of hydrogen-bond donors (Lipinski definition) is 0. The first-order valence-corrected chi connectivity index (χ1v) is 9.21. The Morgan fingerprint density at radius 2 is 2.10 bits per heavy atom. The Labute approximate surface area is 166 Å². The van der Waals surface area contributed by atoms with E-state index >= 15 is 0 Å². The van der Waals surface area contributed by atoms with Crippen molar-refractivity contribution in [3.05, 3.63) is 70.7 Å². The van der Waals surface area contributed by atoms with Crippen LogP contribution in [-0.4, -0.2) is 32.6 Å². The van der Waals surface area contributed by atoms with Gasteiger partial charge >= 0.3 is 5.76 Å². The third-order valence-electron chi connectivity index (χ3n) is 4.71. The van der Waals surface area contributed by atoms with E-state index in [1.165, 1.54) is 4.57 Å². The van der Waals surface area contributed by atoms with Gasteiger partial charge in [-0.2, -0.15) is 0 Å². The molecule has 0 aliphatic carbocycles. The van der Waals surface area contributed by atoms with Crippen LogP contribution in [0, 0.1) is 6.92 Å².